The van der Waals surface area contributed by atoms with E-state index in [1.165, 1.54) is 18.4 Å². The molecule has 0 aliphatic carbocycles. The molecule has 0 aliphatic heterocycles. The summed E-state index contributed by atoms with van der Waals surface area (Å²) in [6.45, 7) is 0.197. The monoisotopic (exact) mass is 410 g/mol. The molecule has 1 aromatic heterocycles. The third kappa shape index (κ3) is 6.09. The number of aliphatic hydroxyl groups is 2. The zero-order chi connectivity index (χ0) is 21.3. The van der Waals surface area contributed by atoms with Gasteiger partial charge in [-0.15, -0.1) is 5.73 Å². The Morgan fingerprint density at radius 2 is 1.87 bits per heavy atom. The van der Waals surface area contributed by atoms with Gasteiger partial charge in [-0.3, -0.25) is 0 Å². The summed E-state index contributed by atoms with van der Waals surface area (Å²) in [6, 6.07) is 16.4. The van der Waals surface area contributed by atoms with Gasteiger partial charge < -0.3 is 24.5 Å². The average Bonchev–Trinajstić information content (AvgIpc) is 3.29. The molecule has 6 heteroatoms. The summed E-state index contributed by atoms with van der Waals surface area (Å²) < 4.78 is 24.5. The van der Waals surface area contributed by atoms with Crippen molar-refractivity contribution in [2.45, 2.75) is 25.0 Å². The van der Waals surface area contributed by atoms with Crippen molar-refractivity contribution >= 4 is 0 Å². The molecule has 0 spiro atoms. The molecule has 0 radical (unpaired) electrons. The molecule has 3 aromatic rings. The number of hydrogen-bond donors (Lipinski definition) is 3. The van der Waals surface area contributed by atoms with Gasteiger partial charge >= 0.3 is 0 Å². The van der Waals surface area contributed by atoms with Crippen molar-refractivity contribution in [3.63, 3.8) is 0 Å². The summed E-state index contributed by atoms with van der Waals surface area (Å²) in [5.41, 5.74) is 4.09. The van der Waals surface area contributed by atoms with E-state index in [1.807, 2.05) is 30.3 Å². The number of phenolic OH excluding ortho intramolecular Hbond substituents is 1. The van der Waals surface area contributed by atoms with Gasteiger partial charge in [0.1, 0.15) is 24.2 Å². The average molecular weight is 410 g/mol. The van der Waals surface area contributed by atoms with Crippen LogP contribution in [0.3, 0.4) is 0 Å². The number of hydrogen-bond acceptors (Lipinski definition) is 5. The molecule has 0 fully saturated rings. The minimum Gasteiger partial charge on any atom is -0.505 e. The number of ether oxygens (including phenoxy) is 1. The molecule has 0 aliphatic rings. The highest BCUT2D eigenvalue weighted by atomic mass is 19.1. The van der Waals surface area contributed by atoms with Gasteiger partial charge in [0, 0.05) is 18.4 Å². The van der Waals surface area contributed by atoms with Crippen LogP contribution in [-0.4, -0.2) is 21.9 Å². The van der Waals surface area contributed by atoms with Crippen molar-refractivity contribution in [3.8, 4) is 11.5 Å². The summed E-state index contributed by atoms with van der Waals surface area (Å²) in [7, 11) is 0. The molecule has 2 aromatic carbocycles. The Balaban J connectivity index is 1.71. The van der Waals surface area contributed by atoms with Crippen LogP contribution in [-0.2, 0) is 0 Å². The first-order valence-electron chi connectivity index (χ1n) is 9.51. The van der Waals surface area contributed by atoms with E-state index in [0.717, 1.165) is 6.07 Å². The van der Waals surface area contributed by atoms with Gasteiger partial charge in [0.05, 0.1) is 12.4 Å². The van der Waals surface area contributed by atoms with Crippen molar-refractivity contribution < 1.29 is 28.9 Å². The number of halogens is 1. The molecule has 2 atom stereocenters. The maximum atomic E-state index is 13.5. The molecule has 0 saturated heterocycles. The summed E-state index contributed by atoms with van der Waals surface area (Å²) in [6.07, 6.45) is 1.71. The number of rotatable bonds is 9. The molecular weight excluding hydrogens is 387 g/mol. The predicted octanol–water partition coefficient (Wildman–Crippen LogP) is 4.83. The minimum absolute atomic E-state index is 0.176. The lowest BCUT2D eigenvalue weighted by molar-refractivity contribution is 0.146. The smallest absolute Gasteiger partial charge is 0.165 e. The van der Waals surface area contributed by atoms with Gasteiger partial charge in [-0.05, 0) is 48.0 Å². The zero-order valence-electron chi connectivity index (χ0n) is 16.2. The Hall–Kier alpha value is -3.31. The van der Waals surface area contributed by atoms with Gasteiger partial charge in [-0.2, -0.15) is 0 Å². The fourth-order valence-electron chi connectivity index (χ4n) is 2.84. The molecule has 3 N–H and O–H groups in total. The Morgan fingerprint density at radius 3 is 2.57 bits per heavy atom. The second-order valence-electron chi connectivity index (χ2n) is 6.75. The highest BCUT2D eigenvalue weighted by molar-refractivity contribution is 5.29. The predicted molar refractivity (Wildman–Crippen MR) is 109 cm³/mol. The van der Waals surface area contributed by atoms with Gasteiger partial charge in [-0.25, -0.2) is 4.39 Å². The van der Waals surface area contributed by atoms with E-state index < -0.39 is 23.8 Å². The number of benzene rings is 2. The van der Waals surface area contributed by atoms with E-state index in [9.17, 15) is 19.7 Å². The molecule has 3 rings (SSSR count). The highest BCUT2D eigenvalue weighted by Crippen LogP contribution is 2.24. The van der Waals surface area contributed by atoms with Crippen LogP contribution >= 0.6 is 0 Å². The van der Waals surface area contributed by atoms with Gasteiger partial charge in [0.25, 0.3) is 0 Å². The van der Waals surface area contributed by atoms with Crippen molar-refractivity contribution in [2.75, 3.05) is 6.61 Å². The molecule has 1 heterocycles. The SMILES string of the molecule is Oc1ccc([C@H](O)CC=C=C(COc2ccccc2)C[C@@H](O)c2ccco2)cc1F. The molecule has 0 amide bonds. The van der Waals surface area contributed by atoms with Gasteiger partial charge in [-0.1, -0.05) is 24.3 Å². The van der Waals surface area contributed by atoms with Crippen molar-refractivity contribution in [3.05, 3.63) is 101 Å². The maximum absolute atomic E-state index is 13.5. The minimum atomic E-state index is -0.959. The standard InChI is InChI=1S/C24H23FO5/c25-20-15-18(11-12-22(20)27)21(26)9-4-6-17(14-23(28)24-10-5-13-29-24)16-30-19-7-2-1-3-8-19/h1-5,7-8,10-13,15,21,23,26-28H,9,14,16H2/t6?,21-,23-/m1/s1. The summed E-state index contributed by atoms with van der Waals surface area (Å²) in [5.74, 6) is -0.129. The lowest BCUT2D eigenvalue weighted by Gasteiger charge is -2.12. The Kier molecular flexibility index (Phi) is 7.46. The number of aromatic hydroxyl groups is 1. The van der Waals surface area contributed by atoms with Crippen LogP contribution in [0.2, 0.25) is 0 Å². The summed E-state index contributed by atoms with van der Waals surface area (Å²) in [4.78, 5) is 0. The topological polar surface area (TPSA) is 83.1 Å². The Bertz CT molecular complexity index is 992. The first kappa shape index (κ1) is 21.4. The van der Waals surface area contributed by atoms with Crippen LogP contribution in [0.15, 0.2) is 88.7 Å². The second kappa shape index (κ2) is 10.5. The number of aliphatic hydroxyl groups excluding tert-OH is 2. The van der Waals surface area contributed by atoms with Crippen molar-refractivity contribution in [2.24, 2.45) is 0 Å². The first-order valence-corrected chi connectivity index (χ1v) is 9.51. The molecule has 5 nitrogen and oxygen atoms in total. The van der Waals surface area contributed by atoms with Crippen LogP contribution in [0.5, 0.6) is 11.5 Å². The number of phenols is 1. The second-order valence-corrected chi connectivity index (χ2v) is 6.75. The highest BCUT2D eigenvalue weighted by Gasteiger charge is 2.14. The Morgan fingerprint density at radius 1 is 1.07 bits per heavy atom. The van der Waals surface area contributed by atoms with E-state index in [4.69, 9.17) is 9.15 Å². The fraction of sp³-hybridized carbons (Fsp3) is 0.208. The van der Waals surface area contributed by atoms with Crippen LogP contribution < -0.4 is 4.74 Å². The molecule has 156 valence electrons. The van der Waals surface area contributed by atoms with Crippen LogP contribution in [0.25, 0.3) is 0 Å². The number of furan rings is 1. The van der Waals surface area contributed by atoms with Crippen molar-refractivity contribution in [1.82, 2.24) is 0 Å². The largest absolute Gasteiger partial charge is 0.505 e. The van der Waals surface area contributed by atoms with Crippen LogP contribution in [0, 0.1) is 5.82 Å². The van der Waals surface area contributed by atoms with E-state index in [2.05, 4.69) is 5.73 Å². The van der Waals surface area contributed by atoms with E-state index in [-0.39, 0.29) is 19.4 Å². The lowest BCUT2D eigenvalue weighted by Crippen LogP contribution is -2.05. The lowest BCUT2D eigenvalue weighted by atomic mass is 10.0. The zero-order valence-corrected chi connectivity index (χ0v) is 16.2. The van der Waals surface area contributed by atoms with Crippen LogP contribution in [0.1, 0.15) is 36.4 Å². The van der Waals surface area contributed by atoms with Gasteiger partial charge in [0.15, 0.2) is 11.6 Å². The quantitative estimate of drug-likeness (QED) is 0.440. The Labute approximate surface area is 174 Å². The van der Waals surface area contributed by atoms with E-state index in [0.29, 0.717) is 22.6 Å². The van der Waals surface area contributed by atoms with Crippen LogP contribution in [0.4, 0.5) is 4.39 Å². The third-order valence-corrected chi connectivity index (χ3v) is 4.47. The maximum Gasteiger partial charge on any atom is 0.165 e. The number of para-hydroxylation sites is 1. The normalized spacial score (nSPS) is 12.6. The van der Waals surface area contributed by atoms with Crippen molar-refractivity contribution in [1.29, 1.82) is 0 Å². The molecule has 30 heavy (non-hydrogen) atoms. The molecule has 0 saturated carbocycles. The third-order valence-electron chi connectivity index (χ3n) is 4.47. The van der Waals surface area contributed by atoms with E-state index >= 15 is 0 Å². The molecular formula is C24H23FO5. The molecule has 0 unspecified atom stereocenters. The fourth-order valence-corrected chi connectivity index (χ4v) is 2.84. The molecule has 0 bridgehead atoms. The van der Waals surface area contributed by atoms with E-state index in [1.54, 1.807) is 18.2 Å². The first-order chi connectivity index (χ1) is 14.5. The van der Waals surface area contributed by atoms with Gasteiger partial charge in [0.2, 0.25) is 0 Å². The summed E-state index contributed by atoms with van der Waals surface area (Å²) in [5, 5.41) is 29.9. The summed E-state index contributed by atoms with van der Waals surface area (Å²) >= 11 is 0.